The number of benzene rings is 1. The number of aromatic hydroxyl groups is 1. The lowest BCUT2D eigenvalue weighted by Gasteiger charge is -2.28. The number of hydrogen-bond donors (Lipinski definition) is 11. The van der Waals surface area contributed by atoms with Crippen molar-refractivity contribution in [2.24, 2.45) is 11.7 Å². The van der Waals surface area contributed by atoms with Crippen LogP contribution in [0.15, 0.2) is 36.8 Å². The predicted molar refractivity (Wildman–Crippen MR) is 179 cm³/mol. The average Bonchev–Trinajstić information content (AvgIpc) is 3.58. The van der Waals surface area contributed by atoms with Crippen LogP contribution in [0.1, 0.15) is 51.3 Å². The zero-order valence-corrected chi connectivity index (χ0v) is 28.6. The van der Waals surface area contributed by atoms with Gasteiger partial charge in [0.1, 0.15) is 36.0 Å². The number of aromatic nitrogens is 2. The third-order valence-corrected chi connectivity index (χ3v) is 7.62. The number of amides is 5. The molecule has 1 heterocycles. The number of nitrogens with one attached hydrogen (secondary N) is 6. The lowest BCUT2D eigenvalue weighted by atomic mass is 9.99. The Kier molecular flexibility index (Phi) is 16.2. The van der Waals surface area contributed by atoms with E-state index in [4.69, 9.17) is 15.9 Å². The van der Waals surface area contributed by atoms with Crippen LogP contribution in [0.2, 0.25) is 0 Å². The second-order valence-electron chi connectivity index (χ2n) is 12.3. The molecular formula is C32H44N8O12. The maximum atomic E-state index is 13.7. The molecule has 1 aromatic carbocycles. The smallest absolute Gasteiger partial charge is 0.326 e. The molecule has 1 aromatic heterocycles. The Morgan fingerprint density at radius 2 is 1.31 bits per heavy atom. The summed E-state index contributed by atoms with van der Waals surface area (Å²) >= 11 is 0. The molecule has 52 heavy (non-hydrogen) atoms. The van der Waals surface area contributed by atoms with Crippen molar-refractivity contribution in [2.75, 3.05) is 0 Å². The van der Waals surface area contributed by atoms with Crippen molar-refractivity contribution in [1.29, 1.82) is 0 Å². The van der Waals surface area contributed by atoms with Gasteiger partial charge in [-0.2, -0.15) is 0 Å². The quantitative estimate of drug-likeness (QED) is 0.0646. The fourth-order valence-corrected chi connectivity index (χ4v) is 4.69. The van der Waals surface area contributed by atoms with E-state index >= 15 is 0 Å². The first-order valence-electron chi connectivity index (χ1n) is 16.1. The van der Waals surface area contributed by atoms with Gasteiger partial charge in [-0.25, -0.2) is 9.78 Å². The number of rotatable bonds is 21. The molecular weight excluding hydrogens is 688 g/mol. The molecule has 6 unspecified atom stereocenters. The fraction of sp³-hybridized carbons (Fsp3) is 0.469. The first-order valence-corrected chi connectivity index (χ1v) is 16.1. The van der Waals surface area contributed by atoms with Crippen LogP contribution in [-0.2, 0) is 51.2 Å². The molecule has 0 saturated carbocycles. The Morgan fingerprint density at radius 3 is 1.85 bits per heavy atom. The van der Waals surface area contributed by atoms with Crippen molar-refractivity contribution in [3.05, 3.63) is 48.0 Å². The van der Waals surface area contributed by atoms with Gasteiger partial charge in [-0.15, -0.1) is 0 Å². The van der Waals surface area contributed by atoms with Crippen LogP contribution in [0.25, 0.3) is 0 Å². The Labute approximate surface area is 297 Å². The molecule has 0 aliphatic heterocycles. The summed E-state index contributed by atoms with van der Waals surface area (Å²) in [5.41, 5.74) is 6.57. The van der Waals surface area contributed by atoms with Crippen molar-refractivity contribution in [2.45, 2.75) is 89.1 Å². The van der Waals surface area contributed by atoms with Crippen molar-refractivity contribution in [3.63, 3.8) is 0 Å². The van der Waals surface area contributed by atoms with Crippen molar-refractivity contribution >= 4 is 47.4 Å². The summed E-state index contributed by atoms with van der Waals surface area (Å²) in [6, 6.07) is -2.72. The molecule has 0 aliphatic carbocycles. The maximum Gasteiger partial charge on any atom is 0.326 e. The van der Waals surface area contributed by atoms with Gasteiger partial charge in [-0.1, -0.05) is 26.0 Å². The highest BCUT2D eigenvalue weighted by molar-refractivity contribution is 5.96. The summed E-state index contributed by atoms with van der Waals surface area (Å²) < 4.78 is 0. The number of aromatic amines is 1. The van der Waals surface area contributed by atoms with E-state index in [2.05, 4.69) is 36.6 Å². The van der Waals surface area contributed by atoms with Crippen LogP contribution in [0.4, 0.5) is 0 Å². The molecule has 2 rings (SSSR count). The summed E-state index contributed by atoms with van der Waals surface area (Å²) in [7, 11) is 0. The molecule has 0 radical (unpaired) electrons. The number of hydrogen-bond acceptors (Lipinski definition) is 11. The second kappa shape index (κ2) is 20.0. The van der Waals surface area contributed by atoms with Gasteiger partial charge >= 0.3 is 17.9 Å². The predicted octanol–water partition coefficient (Wildman–Crippen LogP) is -2.25. The van der Waals surface area contributed by atoms with Gasteiger partial charge in [-0.05, 0) is 37.0 Å². The highest BCUT2D eigenvalue weighted by Crippen LogP contribution is 2.13. The van der Waals surface area contributed by atoms with E-state index in [9.17, 15) is 48.6 Å². The van der Waals surface area contributed by atoms with Crippen LogP contribution >= 0.6 is 0 Å². The zero-order valence-electron chi connectivity index (χ0n) is 28.6. The van der Waals surface area contributed by atoms with Gasteiger partial charge in [0.15, 0.2) is 0 Å². The minimum absolute atomic E-state index is 0.0627. The zero-order chi connectivity index (χ0) is 39.1. The third-order valence-electron chi connectivity index (χ3n) is 7.62. The number of phenolic OH excluding ortho intramolecular Hbond substituents is 1. The fourth-order valence-electron chi connectivity index (χ4n) is 4.69. The molecule has 5 amide bonds. The Bertz CT molecular complexity index is 1580. The number of nitrogens with zero attached hydrogens (tertiary/aromatic N) is 1. The highest BCUT2D eigenvalue weighted by atomic mass is 16.4. The SMILES string of the molecule is CC(NC(=O)C(N)CCC(=O)O)C(=O)NC(Cc1ccc(O)cc1)C(=O)NC(C(=O)NC(Cc1cnc[nH]1)C(=O)NC(CC(=O)O)C(=O)O)C(C)C. The number of carboxylic acids is 3. The van der Waals surface area contributed by atoms with Gasteiger partial charge in [0.25, 0.3) is 0 Å². The van der Waals surface area contributed by atoms with E-state index in [0.717, 1.165) is 0 Å². The summed E-state index contributed by atoms with van der Waals surface area (Å²) in [6.45, 7) is 4.48. The number of carbonyl (C=O) groups excluding carboxylic acids is 5. The summed E-state index contributed by atoms with van der Waals surface area (Å²) in [5, 5.41) is 49.0. The average molecular weight is 733 g/mol. The molecule has 6 atom stereocenters. The Hall–Kier alpha value is -6.05. The normalized spacial score (nSPS) is 14.4. The van der Waals surface area contributed by atoms with E-state index in [1.165, 1.54) is 43.7 Å². The van der Waals surface area contributed by atoms with E-state index < -0.39 is 96.0 Å². The van der Waals surface area contributed by atoms with Gasteiger partial charge in [0.2, 0.25) is 29.5 Å². The number of imidazole rings is 1. The van der Waals surface area contributed by atoms with Crippen LogP contribution in [-0.4, -0.2) is 114 Å². The monoisotopic (exact) mass is 732 g/mol. The number of aliphatic carboxylic acids is 3. The van der Waals surface area contributed by atoms with Crippen molar-refractivity contribution in [1.82, 2.24) is 36.6 Å². The van der Waals surface area contributed by atoms with E-state index in [-0.39, 0.29) is 31.4 Å². The molecule has 0 fully saturated rings. The minimum Gasteiger partial charge on any atom is -0.508 e. The summed E-state index contributed by atoms with van der Waals surface area (Å²) in [4.78, 5) is 106. The minimum atomic E-state index is -1.82. The van der Waals surface area contributed by atoms with E-state index in [1.54, 1.807) is 13.8 Å². The largest absolute Gasteiger partial charge is 0.508 e. The first-order chi connectivity index (χ1) is 24.4. The van der Waals surface area contributed by atoms with Gasteiger partial charge in [0, 0.05) is 31.2 Å². The highest BCUT2D eigenvalue weighted by Gasteiger charge is 2.34. The molecule has 2 aromatic rings. The summed E-state index contributed by atoms with van der Waals surface area (Å²) in [5.74, 6) is -9.33. The Morgan fingerprint density at radius 1 is 0.731 bits per heavy atom. The number of H-pyrrole nitrogens is 1. The topological polar surface area (TPSA) is 332 Å². The lowest BCUT2D eigenvalue weighted by Crippen LogP contribution is -2.60. The van der Waals surface area contributed by atoms with E-state index in [0.29, 0.717) is 11.3 Å². The molecule has 0 aliphatic rings. The molecule has 284 valence electrons. The maximum absolute atomic E-state index is 13.7. The van der Waals surface area contributed by atoms with Gasteiger partial charge in [0.05, 0.1) is 18.8 Å². The van der Waals surface area contributed by atoms with Gasteiger partial charge in [-0.3, -0.25) is 33.6 Å². The molecule has 0 bridgehead atoms. The number of carbonyl (C=O) groups is 8. The Balaban J connectivity index is 2.29. The second-order valence-corrected chi connectivity index (χ2v) is 12.3. The van der Waals surface area contributed by atoms with Gasteiger partial charge < -0.3 is 57.7 Å². The van der Waals surface area contributed by atoms with Crippen LogP contribution in [0, 0.1) is 5.92 Å². The number of carboxylic acid groups (broad SMARTS) is 3. The molecule has 0 saturated heterocycles. The summed E-state index contributed by atoms with van der Waals surface area (Å²) in [6.07, 6.45) is 0.779. The molecule has 0 spiro atoms. The van der Waals surface area contributed by atoms with E-state index in [1.807, 2.05) is 0 Å². The van der Waals surface area contributed by atoms with Crippen LogP contribution < -0.4 is 32.3 Å². The van der Waals surface area contributed by atoms with Crippen molar-refractivity contribution in [3.8, 4) is 5.75 Å². The molecule has 20 nitrogen and oxygen atoms in total. The van der Waals surface area contributed by atoms with Crippen LogP contribution in [0.3, 0.4) is 0 Å². The standard InChI is InChI=1S/C32H44N8O12/c1-15(2)26(31(50)38-22(11-18-13-34-14-35-18)29(48)39-23(32(51)52)12-25(44)45)40-30(49)21(10-17-4-6-19(41)7-5-17)37-27(46)16(3)36-28(47)20(33)8-9-24(42)43/h4-7,13-16,20-23,26,41H,8-12,33H2,1-3H3,(H,34,35)(H,36,47)(H,37,46)(H,38,50)(H,39,48)(H,40,49)(H,42,43)(H,44,45)(H,51,52). The molecule has 20 heteroatoms. The van der Waals surface area contributed by atoms with Crippen molar-refractivity contribution < 1.29 is 58.8 Å². The molecule has 12 N–H and O–H groups in total. The lowest BCUT2D eigenvalue weighted by molar-refractivity contribution is -0.147. The first kappa shape index (κ1) is 42.1. The van der Waals surface area contributed by atoms with Crippen LogP contribution in [0.5, 0.6) is 5.75 Å². The number of nitrogens with two attached hydrogens (primary N) is 1. The third kappa shape index (κ3) is 14.1. The number of phenols is 1.